The van der Waals surface area contributed by atoms with E-state index in [1.54, 1.807) is 26.2 Å². The first kappa shape index (κ1) is 27.1. The molecule has 1 radical (unpaired) electrons. The van der Waals surface area contributed by atoms with Gasteiger partial charge in [-0.25, -0.2) is 0 Å². The number of para-hydroxylation sites is 1. The Morgan fingerprint density at radius 3 is 1.52 bits per heavy atom. The average Bonchev–Trinajstić information content (AvgIpc) is 2.66. The molecular formula is C26H35GeN2O3S. The quantitative estimate of drug-likeness (QED) is 0.500. The second-order valence-corrected chi connectivity index (χ2v) is 15.1. The van der Waals surface area contributed by atoms with Gasteiger partial charge in [-0.05, 0) is 0 Å². The van der Waals surface area contributed by atoms with Crippen molar-refractivity contribution in [3.8, 4) is 0 Å². The minimum absolute atomic E-state index is 0. The Morgan fingerprint density at radius 2 is 1.12 bits per heavy atom. The van der Waals surface area contributed by atoms with E-state index in [0.717, 1.165) is 0 Å². The van der Waals surface area contributed by atoms with Crippen LogP contribution >= 0.6 is 0 Å². The van der Waals surface area contributed by atoms with E-state index in [-0.39, 0.29) is 5.48 Å². The van der Waals surface area contributed by atoms with Gasteiger partial charge in [-0.3, -0.25) is 0 Å². The Balaban J connectivity index is 0.00000385. The molecule has 3 aromatic carbocycles. The van der Waals surface area contributed by atoms with Crippen molar-refractivity contribution < 1.29 is 13.9 Å². The van der Waals surface area contributed by atoms with E-state index in [0.29, 0.717) is 10.6 Å². The zero-order chi connectivity index (χ0) is 23.8. The second-order valence-electron chi connectivity index (χ2n) is 8.83. The van der Waals surface area contributed by atoms with E-state index in [9.17, 15) is 8.42 Å². The minimum atomic E-state index is -3.57. The summed E-state index contributed by atoms with van der Waals surface area (Å²) in [5.41, 5.74) is 8.21. The standard InChI is InChI=1S/C26H33GeN2O2S.H2O/c1-17-13-19(3)25(20(4)14-17)27(26-21(5)15-18(2)16-22(26)6)28-23-11-9-10-12-24(23)32(30,31)29(7)8;/h9-16,28H,1-8H3;1H2. The maximum atomic E-state index is 13.1. The Bertz CT molecular complexity index is 1170. The van der Waals surface area contributed by atoms with E-state index in [1.807, 2.05) is 12.1 Å². The number of hydrogen-bond acceptors (Lipinski definition) is 3. The van der Waals surface area contributed by atoms with Crippen molar-refractivity contribution in [2.75, 3.05) is 18.4 Å². The number of benzene rings is 3. The molecule has 0 spiro atoms. The molecule has 0 saturated carbocycles. The van der Waals surface area contributed by atoms with Crippen LogP contribution in [0.1, 0.15) is 33.4 Å². The molecule has 0 fully saturated rings. The third-order valence-corrected chi connectivity index (χ3v) is 14.1. The van der Waals surface area contributed by atoms with E-state index < -0.39 is 24.6 Å². The van der Waals surface area contributed by atoms with Gasteiger partial charge in [-0.2, -0.15) is 0 Å². The summed E-state index contributed by atoms with van der Waals surface area (Å²) >= 11 is -2.41. The van der Waals surface area contributed by atoms with Crippen molar-refractivity contribution >= 4 is 39.1 Å². The molecule has 33 heavy (non-hydrogen) atoms. The zero-order valence-electron chi connectivity index (χ0n) is 20.8. The van der Waals surface area contributed by atoms with Crippen LogP contribution in [0.15, 0.2) is 53.4 Å². The molecule has 0 aliphatic carbocycles. The molecule has 0 atom stereocenters. The first-order valence-corrected chi connectivity index (χ1v) is 15.3. The van der Waals surface area contributed by atoms with Crippen molar-refractivity contribution in [3.63, 3.8) is 0 Å². The van der Waals surface area contributed by atoms with E-state index in [2.05, 4.69) is 70.1 Å². The fourth-order valence-electron chi connectivity index (χ4n) is 4.52. The average molecular weight is 528 g/mol. The molecule has 3 aromatic rings. The fraction of sp³-hybridized carbons (Fsp3) is 0.308. The van der Waals surface area contributed by atoms with E-state index >= 15 is 0 Å². The van der Waals surface area contributed by atoms with Gasteiger partial charge in [0.1, 0.15) is 0 Å². The zero-order valence-corrected chi connectivity index (χ0v) is 23.7. The largest absolute Gasteiger partial charge is 0.412 e. The maximum Gasteiger partial charge on any atom is -0.412 e. The summed E-state index contributed by atoms with van der Waals surface area (Å²) < 4.78 is 33.9. The summed E-state index contributed by atoms with van der Waals surface area (Å²) in [7, 11) is -0.423. The number of hydrogen-bond donors (Lipinski definition) is 1. The van der Waals surface area contributed by atoms with E-state index in [1.165, 1.54) is 46.5 Å². The van der Waals surface area contributed by atoms with Crippen LogP contribution < -0.4 is 13.1 Å². The van der Waals surface area contributed by atoms with Crippen molar-refractivity contribution in [2.45, 2.75) is 46.4 Å². The van der Waals surface area contributed by atoms with Crippen LogP contribution in [0.25, 0.3) is 0 Å². The van der Waals surface area contributed by atoms with Gasteiger partial charge < -0.3 is 5.48 Å². The van der Waals surface area contributed by atoms with Crippen LogP contribution in [0.2, 0.25) is 0 Å². The SMILES string of the molecule is Cc1cc(C)[c]([Ge]([NH]c2ccccc2S(=O)(=O)N(C)C)[c]2c(C)cc(C)cc2C)c(C)c1.O. The summed E-state index contributed by atoms with van der Waals surface area (Å²) in [5.74, 6) is 0. The van der Waals surface area contributed by atoms with Gasteiger partial charge in [0.05, 0.1) is 0 Å². The number of nitrogens with zero attached hydrogens (tertiary/aromatic N) is 1. The number of rotatable bonds is 6. The summed E-state index contributed by atoms with van der Waals surface area (Å²) in [4.78, 5) is 0.319. The molecule has 7 heteroatoms. The van der Waals surface area contributed by atoms with Gasteiger partial charge in [0.15, 0.2) is 0 Å². The normalized spacial score (nSPS) is 11.6. The van der Waals surface area contributed by atoms with Crippen LogP contribution in [0, 0.1) is 41.5 Å². The number of nitrogens with one attached hydrogen (secondary N) is 1. The molecule has 0 aliphatic heterocycles. The summed E-state index contributed by atoms with van der Waals surface area (Å²) in [6, 6.07) is 16.2. The Kier molecular flexibility index (Phi) is 8.57. The molecule has 3 N–H and O–H groups in total. The van der Waals surface area contributed by atoms with Crippen LogP contribution in [-0.2, 0) is 10.0 Å². The van der Waals surface area contributed by atoms with Crippen molar-refractivity contribution in [1.29, 1.82) is 0 Å². The Morgan fingerprint density at radius 1 is 0.727 bits per heavy atom. The van der Waals surface area contributed by atoms with Crippen LogP contribution in [0.5, 0.6) is 0 Å². The number of anilines is 1. The molecule has 0 saturated heterocycles. The van der Waals surface area contributed by atoms with Gasteiger partial charge in [0.2, 0.25) is 0 Å². The predicted molar refractivity (Wildman–Crippen MR) is 141 cm³/mol. The third-order valence-electron chi connectivity index (χ3n) is 5.76. The summed E-state index contributed by atoms with van der Waals surface area (Å²) in [6.07, 6.45) is 0. The molecule has 5 nitrogen and oxygen atoms in total. The molecule has 177 valence electrons. The number of sulfonamides is 1. The number of aryl methyl sites for hydroxylation is 6. The predicted octanol–water partition coefficient (Wildman–Crippen LogP) is 3.18. The van der Waals surface area contributed by atoms with E-state index in [4.69, 9.17) is 0 Å². The Hall–Kier alpha value is -2.13. The van der Waals surface area contributed by atoms with Crippen molar-refractivity contribution in [2.24, 2.45) is 0 Å². The molecule has 0 unspecified atom stereocenters. The second kappa shape index (κ2) is 10.4. The van der Waals surface area contributed by atoms with Gasteiger partial charge in [-0.1, -0.05) is 0 Å². The molecule has 0 aliphatic rings. The van der Waals surface area contributed by atoms with Crippen molar-refractivity contribution in [1.82, 2.24) is 4.31 Å². The van der Waals surface area contributed by atoms with Crippen molar-refractivity contribution in [3.05, 3.63) is 81.9 Å². The molecule has 0 heterocycles. The summed E-state index contributed by atoms with van der Waals surface area (Å²) in [6.45, 7) is 12.9. The van der Waals surface area contributed by atoms with Crippen LogP contribution in [0.4, 0.5) is 5.69 Å². The Labute approximate surface area is 203 Å². The van der Waals surface area contributed by atoms with Crippen LogP contribution in [0.3, 0.4) is 0 Å². The monoisotopic (exact) mass is 529 g/mol. The third kappa shape index (κ3) is 5.51. The van der Waals surface area contributed by atoms with Gasteiger partial charge in [0.25, 0.3) is 0 Å². The van der Waals surface area contributed by atoms with Crippen LogP contribution in [-0.4, -0.2) is 46.9 Å². The molecule has 0 amide bonds. The van der Waals surface area contributed by atoms with Gasteiger partial charge in [0, 0.05) is 0 Å². The smallest absolute Gasteiger partial charge is 0.412 e. The fourth-order valence-corrected chi connectivity index (χ4v) is 11.7. The molecule has 3 rings (SSSR count). The first-order chi connectivity index (χ1) is 14.9. The van der Waals surface area contributed by atoms with Gasteiger partial charge >= 0.3 is 199 Å². The first-order valence-electron chi connectivity index (χ1n) is 10.8. The summed E-state index contributed by atoms with van der Waals surface area (Å²) in [5, 5.41) is 0. The topological polar surface area (TPSA) is 80.9 Å². The molecule has 0 bridgehead atoms. The van der Waals surface area contributed by atoms with Gasteiger partial charge in [-0.15, -0.1) is 0 Å². The maximum absolute atomic E-state index is 13.1. The molecule has 0 aromatic heterocycles. The minimum Gasteiger partial charge on any atom is -0.412 e. The molecular weight excluding hydrogens is 493 g/mol.